The Kier molecular flexibility index (Phi) is 5.69. The van der Waals surface area contributed by atoms with Gasteiger partial charge in [-0.2, -0.15) is 5.10 Å². The second-order valence-electron chi connectivity index (χ2n) is 7.26. The molecule has 30 heavy (non-hydrogen) atoms. The number of nitrogens with one attached hydrogen (secondary N) is 1. The van der Waals surface area contributed by atoms with Crippen molar-refractivity contribution in [1.82, 2.24) is 14.8 Å². The molecule has 0 spiro atoms. The van der Waals surface area contributed by atoms with Crippen molar-refractivity contribution < 1.29 is 9.72 Å². The molecule has 0 aliphatic carbocycles. The number of benzene rings is 1. The fourth-order valence-corrected chi connectivity index (χ4v) is 3.69. The van der Waals surface area contributed by atoms with Crippen LogP contribution in [0.5, 0.6) is 0 Å². The van der Waals surface area contributed by atoms with E-state index in [0.29, 0.717) is 44.0 Å². The summed E-state index contributed by atoms with van der Waals surface area (Å²) in [5.74, 6) is 0.307. The Balaban J connectivity index is 1.33. The summed E-state index contributed by atoms with van der Waals surface area (Å²) in [6, 6.07) is 12.3. The molecule has 3 aromatic rings. The quantitative estimate of drug-likeness (QED) is 0.498. The van der Waals surface area contributed by atoms with Crippen LogP contribution in [0, 0.1) is 16.0 Å². The minimum atomic E-state index is -0.365. The molecule has 0 atom stereocenters. The maximum Gasteiger partial charge on any atom is 0.292 e. The second-order valence-corrected chi connectivity index (χ2v) is 7.26. The number of para-hydroxylation sites is 2. The molecule has 9 heteroatoms. The van der Waals surface area contributed by atoms with Gasteiger partial charge in [0, 0.05) is 49.7 Å². The molecular weight excluding hydrogens is 384 g/mol. The number of nitro benzene ring substituents is 1. The predicted octanol–water partition coefficient (Wildman–Crippen LogP) is 3.09. The maximum atomic E-state index is 12.7. The third kappa shape index (κ3) is 4.45. The first-order chi connectivity index (χ1) is 14.6. The van der Waals surface area contributed by atoms with E-state index in [0.717, 1.165) is 5.56 Å². The van der Waals surface area contributed by atoms with Gasteiger partial charge in [0.15, 0.2) is 5.82 Å². The average Bonchev–Trinajstić information content (AvgIpc) is 3.21. The van der Waals surface area contributed by atoms with Gasteiger partial charge < -0.3 is 10.2 Å². The summed E-state index contributed by atoms with van der Waals surface area (Å²) in [5, 5.41) is 18.6. The first-order valence-electron chi connectivity index (χ1n) is 9.82. The molecule has 9 nitrogen and oxygen atoms in total. The zero-order chi connectivity index (χ0) is 20.9. The van der Waals surface area contributed by atoms with Crippen LogP contribution in [-0.2, 0) is 11.3 Å². The normalized spacial score (nSPS) is 14.5. The molecule has 1 aliphatic heterocycles. The fraction of sp³-hybridized carbons (Fsp3) is 0.286. The van der Waals surface area contributed by atoms with E-state index < -0.39 is 0 Å². The van der Waals surface area contributed by atoms with E-state index in [1.165, 1.54) is 6.07 Å². The van der Waals surface area contributed by atoms with Crippen LogP contribution in [-0.4, -0.2) is 38.7 Å². The molecule has 1 amide bonds. The third-order valence-corrected chi connectivity index (χ3v) is 5.24. The van der Waals surface area contributed by atoms with Crippen molar-refractivity contribution in [2.45, 2.75) is 19.4 Å². The molecule has 154 valence electrons. The highest BCUT2D eigenvalue weighted by Crippen LogP contribution is 2.31. The third-order valence-electron chi connectivity index (χ3n) is 5.24. The molecule has 2 aromatic heterocycles. The van der Waals surface area contributed by atoms with E-state index in [2.05, 4.69) is 15.4 Å². The topological polar surface area (TPSA) is 106 Å². The summed E-state index contributed by atoms with van der Waals surface area (Å²) in [6.07, 6.45) is 6.59. The van der Waals surface area contributed by atoms with Crippen molar-refractivity contribution >= 4 is 23.1 Å². The number of nitro groups is 1. The maximum absolute atomic E-state index is 12.7. The number of hydrogen-bond acceptors (Lipinski definition) is 6. The number of piperidine rings is 1. The van der Waals surface area contributed by atoms with Crippen LogP contribution in [0.2, 0.25) is 0 Å². The lowest BCUT2D eigenvalue weighted by molar-refractivity contribution is -0.384. The van der Waals surface area contributed by atoms with Crippen molar-refractivity contribution in [3.05, 3.63) is 76.7 Å². The Bertz CT molecular complexity index is 1030. The zero-order valence-corrected chi connectivity index (χ0v) is 16.3. The van der Waals surface area contributed by atoms with Crippen molar-refractivity contribution in [3.8, 4) is 0 Å². The van der Waals surface area contributed by atoms with E-state index in [1.54, 1.807) is 41.3 Å². The van der Waals surface area contributed by atoms with Crippen molar-refractivity contribution in [2.75, 3.05) is 23.3 Å². The molecule has 0 radical (unpaired) electrons. The Morgan fingerprint density at radius 2 is 1.97 bits per heavy atom. The Morgan fingerprint density at radius 1 is 1.17 bits per heavy atom. The molecule has 1 fully saturated rings. The number of carbonyl (C=O) groups excluding carboxylic acids is 1. The van der Waals surface area contributed by atoms with Gasteiger partial charge in [-0.3, -0.25) is 24.6 Å². The Labute approximate surface area is 173 Å². The number of nitrogens with zero attached hydrogens (tertiary/aromatic N) is 5. The van der Waals surface area contributed by atoms with Gasteiger partial charge in [-0.15, -0.1) is 0 Å². The van der Waals surface area contributed by atoms with Crippen LogP contribution in [0.25, 0.3) is 0 Å². The Morgan fingerprint density at radius 3 is 2.70 bits per heavy atom. The van der Waals surface area contributed by atoms with Gasteiger partial charge in [-0.25, -0.2) is 0 Å². The lowest BCUT2D eigenvalue weighted by Gasteiger charge is -2.32. The molecule has 1 N–H and O–H groups in total. The van der Waals surface area contributed by atoms with Crippen LogP contribution in [0.15, 0.2) is 61.1 Å². The van der Waals surface area contributed by atoms with Crippen LogP contribution in [0.4, 0.5) is 17.2 Å². The SMILES string of the molecule is O=C(Nc1ccn(Cc2cccnc2)n1)C1CCN(c2ccccc2[N+](=O)[O-])CC1. The van der Waals surface area contributed by atoms with Crippen LogP contribution < -0.4 is 10.2 Å². The standard InChI is InChI=1S/C21H22N6O3/c28-21(23-20-9-13-26(24-20)15-16-4-3-10-22-14-16)17-7-11-25(12-8-17)18-5-1-2-6-19(18)27(29)30/h1-6,9-10,13-14,17H,7-8,11-12,15H2,(H,23,24,28). The molecule has 4 rings (SSSR count). The van der Waals surface area contributed by atoms with Gasteiger partial charge in [0.25, 0.3) is 5.69 Å². The van der Waals surface area contributed by atoms with E-state index >= 15 is 0 Å². The second kappa shape index (κ2) is 8.73. The molecule has 0 unspecified atom stereocenters. The van der Waals surface area contributed by atoms with Crippen molar-refractivity contribution in [1.29, 1.82) is 0 Å². The van der Waals surface area contributed by atoms with Gasteiger partial charge in [0.2, 0.25) is 5.91 Å². The van der Waals surface area contributed by atoms with Gasteiger partial charge in [-0.05, 0) is 30.5 Å². The molecule has 0 saturated carbocycles. The summed E-state index contributed by atoms with van der Waals surface area (Å²) in [5.41, 5.74) is 1.73. The lowest BCUT2D eigenvalue weighted by atomic mass is 9.95. The first kappa shape index (κ1) is 19.6. The Hall–Kier alpha value is -3.75. The van der Waals surface area contributed by atoms with E-state index in [1.807, 2.05) is 23.2 Å². The minimum absolute atomic E-state index is 0.0659. The monoisotopic (exact) mass is 406 g/mol. The summed E-state index contributed by atoms with van der Waals surface area (Å²) in [7, 11) is 0. The summed E-state index contributed by atoms with van der Waals surface area (Å²) in [4.78, 5) is 29.6. The number of pyridine rings is 1. The summed E-state index contributed by atoms with van der Waals surface area (Å²) < 4.78 is 1.75. The smallest absolute Gasteiger partial charge is 0.292 e. The average molecular weight is 406 g/mol. The molecule has 1 aromatic carbocycles. The van der Waals surface area contributed by atoms with Gasteiger partial charge in [0.05, 0.1) is 11.5 Å². The van der Waals surface area contributed by atoms with E-state index in [-0.39, 0.29) is 22.4 Å². The highest BCUT2D eigenvalue weighted by Gasteiger charge is 2.28. The van der Waals surface area contributed by atoms with Gasteiger partial charge in [-0.1, -0.05) is 18.2 Å². The number of hydrogen-bond donors (Lipinski definition) is 1. The number of carbonyl (C=O) groups is 1. The predicted molar refractivity (Wildman–Crippen MR) is 112 cm³/mol. The zero-order valence-electron chi connectivity index (χ0n) is 16.3. The van der Waals surface area contributed by atoms with E-state index in [9.17, 15) is 14.9 Å². The van der Waals surface area contributed by atoms with E-state index in [4.69, 9.17) is 0 Å². The molecule has 1 aliphatic rings. The minimum Gasteiger partial charge on any atom is -0.366 e. The van der Waals surface area contributed by atoms with Crippen LogP contribution in [0.3, 0.4) is 0 Å². The first-order valence-corrected chi connectivity index (χ1v) is 9.82. The molecule has 3 heterocycles. The number of rotatable bonds is 6. The summed E-state index contributed by atoms with van der Waals surface area (Å²) >= 11 is 0. The fourth-order valence-electron chi connectivity index (χ4n) is 3.69. The summed E-state index contributed by atoms with van der Waals surface area (Å²) in [6.45, 7) is 1.77. The number of anilines is 2. The van der Waals surface area contributed by atoms with Crippen molar-refractivity contribution in [2.24, 2.45) is 5.92 Å². The molecule has 1 saturated heterocycles. The number of aromatic nitrogens is 3. The highest BCUT2D eigenvalue weighted by atomic mass is 16.6. The van der Waals surface area contributed by atoms with Crippen molar-refractivity contribution in [3.63, 3.8) is 0 Å². The molecular formula is C21H22N6O3. The largest absolute Gasteiger partial charge is 0.366 e. The van der Waals surface area contributed by atoms with Gasteiger partial charge in [0.1, 0.15) is 5.69 Å². The number of amides is 1. The highest BCUT2D eigenvalue weighted by molar-refractivity contribution is 5.91. The lowest BCUT2D eigenvalue weighted by Crippen LogP contribution is -2.38. The van der Waals surface area contributed by atoms with Crippen LogP contribution >= 0.6 is 0 Å². The van der Waals surface area contributed by atoms with Crippen LogP contribution in [0.1, 0.15) is 18.4 Å². The van der Waals surface area contributed by atoms with Gasteiger partial charge >= 0.3 is 0 Å². The molecule has 0 bridgehead atoms.